The van der Waals surface area contributed by atoms with Crippen LogP contribution in [0.2, 0.25) is 0 Å². The molecule has 0 unspecified atom stereocenters. The summed E-state index contributed by atoms with van der Waals surface area (Å²) in [6.07, 6.45) is 4.26. The van der Waals surface area contributed by atoms with Gasteiger partial charge in [-0.05, 0) is 52.0 Å². The number of nitrogens with zero attached hydrogens (tertiary/aromatic N) is 1. The van der Waals surface area contributed by atoms with Gasteiger partial charge in [0.15, 0.2) is 0 Å². The van der Waals surface area contributed by atoms with Crippen LogP contribution in [0.4, 0.5) is 0 Å². The van der Waals surface area contributed by atoms with Crippen LogP contribution in [0.25, 0.3) is 0 Å². The van der Waals surface area contributed by atoms with Gasteiger partial charge in [-0.3, -0.25) is 4.90 Å². The van der Waals surface area contributed by atoms with E-state index in [1.54, 1.807) is 0 Å². The first-order valence-electron chi connectivity index (χ1n) is 5.79. The molecule has 0 spiro atoms. The molecule has 0 N–H and O–H groups in total. The van der Waals surface area contributed by atoms with E-state index in [0.717, 1.165) is 11.3 Å². The third-order valence-corrected chi connectivity index (χ3v) is 7.19. The zero-order valence-corrected chi connectivity index (χ0v) is 11.6. The summed E-state index contributed by atoms with van der Waals surface area (Å²) in [6, 6.07) is 0. The molecule has 1 fully saturated rings. The molecule has 14 heavy (non-hydrogen) atoms. The highest BCUT2D eigenvalue weighted by atomic mass is 31.1. The van der Waals surface area contributed by atoms with Crippen molar-refractivity contribution >= 4 is 7.92 Å². The van der Waals surface area contributed by atoms with Gasteiger partial charge in [-0.25, -0.2) is 0 Å². The van der Waals surface area contributed by atoms with Crippen molar-refractivity contribution in [3.05, 3.63) is 0 Å². The second-order valence-corrected chi connectivity index (χ2v) is 8.87. The molecule has 0 amide bonds. The van der Waals surface area contributed by atoms with Crippen molar-refractivity contribution in [1.29, 1.82) is 0 Å². The van der Waals surface area contributed by atoms with Gasteiger partial charge in [0.2, 0.25) is 0 Å². The number of rotatable bonds is 2. The maximum atomic E-state index is 2.54. The quantitative estimate of drug-likeness (QED) is 0.634. The van der Waals surface area contributed by atoms with Crippen LogP contribution in [0.15, 0.2) is 0 Å². The molecule has 1 aliphatic heterocycles. The molecule has 1 saturated heterocycles. The van der Waals surface area contributed by atoms with Crippen LogP contribution in [-0.4, -0.2) is 35.1 Å². The molecule has 2 atom stereocenters. The van der Waals surface area contributed by atoms with Crippen molar-refractivity contribution in [3.8, 4) is 0 Å². The molecule has 0 aromatic heterocycles. The molecule has 0 aromatic carbocycles. The lowest BCUT2D eigenvalue weighted by Gasteiger charge is -2.36. The monoisotopic (exact) mass is 215 g/mol. The summed E-state index contributed by atoms with van der Waals surface area (Å²) < 4.78 is 0. The molecule has 0 bridgehead atoms. The second kappa shape index (κ2) is 4.49. The summed E-state index contributed by atoms with van der Waals surface area (Å²) >= 11 is 0. The summed E-state index contributed by atoms with van der Waals surface area (Å²) in [5.41, 5.74) is 2.32. The van der Waals surface area contributed by atoms with E-state index in [9.17, 15) is 0 Å². The Balaban J connectivity index is 2.51. The Morgan fingerprint density at radius 3 is 1.93 bits per heavy atom. The minimum absolute atomic E-state index is 0.255. The smallest absolute Gasteiger partial charge is 0.0190 e. The maximum Gasteiger partial charge on any atom is 0.0190 e. The van der Waals surface area contributed by atoms with Crippen molar-refractivity contribution in [1.82, 2.24) is 4.90 Å². The maximum absolute atomic E-state index is 2.54. The Kier molecular flexibility index (Phi) is 4.00. The van der Waals surface area contributed by atoms with Gasteiger partial charge in [0.25, 0.3) is 0 Å². The molecule has 1 heterocycles. The SMILES string of the molecule is C[C@@H]1CC[C@@H](C)P1CN(C)C(C)(C)C. The summed E-state index contributed by atoms with van der Waals surface area (Å²) in [6.45, 7) is 11.8. The van der Waals surface area contributed by atoms with E-state index in [-0.39, 0.29) is 7.92 Å². The highest BCUT2D eigenvalue weighted by molar-refractivity contribution is 7.59. The third kappa shape index (κ3) is 2.94. The van der Waals surface area contributed by atoms with Crippen molar-refractivity contribution in [2.45, 2.75) is 64.3 Å². The average Bonchev–Trinajstić information content (AvgIpc) is 2.34. The zero-order chi connectivity index (χ0) is 10.9. The highest BCUT2D eigenvalue weighted by Gasteiger charge is 2.32. The van der Waals surface area contributed by atoms with Crippen LogP contribution >= 0.6 is 7.92 Å². The first kappa shape index (κ1) is 12.5. The largest absolute Gasteiger partial charge is 0.297 e. The van der Waals surface area contributed by atoms with E-state index >= 15 is 0 Å². The fourth-order valence-electron chi connectivity index (χ4n) is 1.98. The molecule has 0 saturated carbocycles. The van der Waals surface area contributed by atoms with Crippen LogP contribution in [0, 0.1) is 0 Å². The summed E-state index contributed by atoms with van der Waals surface area (Å²) in [7, 11) is 2.53. The van der Waals surface area contributed by atoms with Crippen LogP contribution in [0.5, 0.6) is 0 Å². The summed E-state index contributed by atoms with van der Waals surface area (Å²) in [4.78, 5) is 2.54. The topological polar surface area (TPSA) is 3.24 Å². The number of hydrogen-bond donors (Lipinski definition) is 0. The predicted molar refractivity (Wildman–Crippen MR) is 67.5 cm³/mol. The van der Waals surface area contributed by atoms with Gasteiger partial charge in [0, 0.05) is 11.8 Å². The third-order valence-electron chi connectivity index (χ3n) is 3.66. The minimum Gasteiger partial charge on any atom is -0.297 e. The molecule has 84 valence electrons. The summed E-state index contributed by atoms with van der Waals surface area (Å²) in [5.74, 6) is 0. The Labute approximate surface area is 91.0 Å². The van der Waals surface area contributed by atoms with Crippen LogP contribution in [0.3, 0.4) is 0 Å². The second-order valence-electron chi connectivity index (χ2n) is 5.80. The first-order chi connectivity index (χ1) is 6.32. The molecular formula is C12H26NP. The fraction of sp³-hybridized carbons (Fsp3) is 1.00. The van der Waals surface area contributed by atoms with Crippen LogP contribution in [-0.2, 0) is 0 Å². The predicted octanol–water partition coefficient (Wildman–Crippen LogP) is 3.73. The van der Waals surface area contributed by atoms with Gasteiger partial charge in [-0.15, -0.1) is 0 Å². The standard InChI is InChI=1S/C12H26NP/c1-10-7-8-11(2)14(10)9-13(6)12(3,4)5/h10-11H,7-9H2,1-6H3/t10-,11-/m1/s1. The van der Waals surface area contributed by atoms with Gasteiger partial charge in [0.1, 0.15) is 0 Å². The molecule has 0 aromatic rings. The number of hydrogen-bond acceptors (Lipinski definition) is 1. The molecule has 1 nitrogen and oxygen atoms in total. The van der Waals surface area contributed by atoms with Crippen LogP contribution in [0.1, 0.15) is 47.5 Å². The van der Waals surface area contributed by atoms with E-state index in [2.05, 4.69) is 46.6 Å². The highest BCUT2D eigenvalue weighted by Crippen LogP contribution is 2.55. The van der Waals surface area contributed by atoms with Gasteiger partial charge in [-0.1, -0.05) is 21.8 Å². The Morgan fingerprint density at radius 1 is 1.14 bits per heavy atom. The lowest BCUT2D eigenvalue weighted by molar-refractivity contribution is 0.206. The van der Waals surface area contributed by atoms with E-state index in [1.165, 1.54) is 19.1 Å². The van der Waals surface area contributed by atoms with Crippen molar-refractivity contribution < 1.29 is 0 Å². The lowest BCUT2D eigenvalue weighted by Crippen LogP contribution is -2.38. The van der Waals surface area contributed by atoms with Crippen molar-refractivity contribution in [3.63, 3.8) is 0 Å². The molecule has 0 aliphatic carbocycles. The van der Waals surface area contributed by atoms with E-state index in [1.807, 2.05) is 0 Å². The van der Waals surface area contributed by atoms with Gasteiger partial charge < -0.3 is 0 Å². The molecule has 1 rings (SSSR count). The Bertz CT molecular complexity index is 175. The Morgan fingerprint density at radius 2 is 1.57 bits per heavy atom. The van der Waals surface area contributed by atoms with Gasteiger partial charge in [-0.2, -0.15) is 0 Å². The molecule has 1 aliphatic rings. The first-order valence-corrected chi connectivity index (χ1v) is 7.46. The molecule has 2 heteroatoms. The fourth-order valence-corrected chi connectivity index (χ4v) is 5.29. The van der Waals surface area contributed by atoms with E-state index in [0.29, 0.717) is 5.54 Å². The van der Waals surface area contributed by atoms with Crippen molar-refractivity contribution in [2.75, 3.05) is 13.3 Å². The Hall–Kier alpha value is 0.390. The lowest BCUT2D eigenvalue weighted by atomic mass is 10.1. The van der Waals surface area contributed by atoms with Gasteiger partial charge >= 0.3 is 0 Å². The molecular weight excluding hydrogens is 189 g/mol. The summed E-state index contributed by atoms with van der Waals surface area (Å²) in [5, 5.41) is 0. The average molecular weight is 215 g/mol. The van der Waals surface area contributed by atoms with E-state index in [4.69, 9.17) is 0 Å². The van der Waals surface area contributed by atoms with Gasteiger partial charge in [0.05, 0.1) is 0 Å². The normalized spacial score (nSPS) is 30.2. The zero-order valence-electron chi connectivity index (χ0n) is 10.7. The minimum atomic E-state index is 0.255. The molecule has 0 radical (unpaired) electrons. The van der Waals surface area contributed by atoms with Crippen molar-refractivity contribution in [2.24, 2.45) is 0 Å². The van der Waals surface area contributed by atoms with Crippen LogP contribution < -0.4 is 0 Å². The van der Waals surface area contributed by atoms with E-state index < -0.39 is 0 Å².